The molecule has 4 aromatic rings. The molecule has 1 amide bonds. The molecule has 0 unspecified atom stereocenters. The molecule has 7 nitrogen and oxygen atoms in total. The molecule has 5 rings (SSSR count). The van der Waals surface area contributed by atoms with Gasteiger partial charge in [-0.1, -0.05) is 71.0 Å². The zero-order valence-corrected chi connectivity index (χ0v) is 27.6. The van der Waals surface area contributed by atoms with Gasteiger partial charge in [0.15, 0.2) is 8.32 Å². The summed E-state index contributed by atoms with van der Waals surface area (Å²) in [5.74, 6) is 2.21. The van der Waals surface area contributed by atoms with Crippen LogP contribution in [0.15, 0.2) is 73.1 Å². The Labute approximate surface area is 257 Å². The highest BCUT2D eigenvalue weighted by Gasteiger charge is 2.38. The molecule has 2 aromatic carbocycles. The average molecular weight is 597 g/mol. The van der Waals surface area contributed by atoms with Crippen LogP contribution in [-0.4, -0.2) is 42.1 Å². The minimum atomic E-state index is -1.96. The van der Waals surface area contributed by atoms with Gasteiger partial charge >= 0.3 is 0 Å². The highest BCUT2D eigenvalue weighted by molar-refractivity contribution is 6.74. The molecule has 2 aromatic heterocycles. The molecular formula is C35H44N4O3Si. The predicted octanol–water partition coefficient (Wildman–Crippen LogP) is 8.07. The Morgan fingerprint density at radius 1 is 0.930 bits per heavy atom. The van der Waals surface area contributed by atoms with Gasteiger partial charge in [-0.15, -0.1) is 0 Å². The first-order valence-corrected chi connectivity index (χ1v) is 18.1. The summed E-state index contributed by atoms with van der Waals surface area (Å²) in [6.07, 6.45) is 3.96. The van der Waals surface area contributed by atoms with Crippen molar-refractivity contribution in [1.82, 2.24) is 14.8 Å². The van der Waals surface area contributed by atoms with E-state index in [1.165, 1.54) is 5.56 Å². The van der Waals surface area contributed by atoms with Crippen LogP contribution >= 0.6 is 0 Å². The lowest BCUT2D eigenvalue weighted by atomic mass is 10.00. The maximum atomic E-state index is 13.4. The topological polar surface area (TPSA) is 69.5 Å². The Hall–Kier alpha value is -3.75. The number of aryl methyl sites for hydroxylation is 1. The van der Waals surface area contributed by atoms with Crippen molar-refractivity contribution in [2.75, 3.05) is 18.1 Å². The van der Waals surface area contributed by atoms with Crippen LogP contribution in [0.4, 0.5) is 5.82 Å². The van der Waals surface area contributed by atoms with E-state index in [1.54, 1.807) is 12.4 Å². The molecule has 3 heterocycles. The summed E-state index contributed by atoms with van der Waals surface area (Å²) in [5.41, 5.74) is 6.16. The van der Waals surface area contributed by atoms with Gasteiger partial charge in [0.1, 0.15) is 23.9 Å². The van der Waals surface area contributed by atoms with E-state index in [2.05, 4.69) is 89.1 Å². The third-order valence-electron chi connectivity index (χ3n) is 8.75. The van der Waals surface area contributed by atoms with Gasteiger partial charge in [-0.25, -0.2) is 4.68 Å². The zero-order chi connectivity index (χ0) is 30.8. The molecule has 226 valence electrons. The van der Waals surface area contributed by atoms with Crippen molar-refractivity contribution in [3.8, 4) is 28.1 Å². The van der Waals surface area contributed by atoms with Gasteiger partial charge in [0, 0.05) is 30.9 Å². The van der Waals surface area contributed by atoms with Crippen molar-refractivity contribution < 1.29 is 14.0 Å². The quantitative estimate of drug-likeness (QED) is 0.173. The average Bonchev–Trinajstić information content (AvgIpc) is 3.37. The summed E-state index contributed by atoms with van der Waals surface area (Å²) < 4.78 is 14.6. The van der Waals surface area contributed by atoms with Crippen LogP contribution in [0, 0.1) is 0 Å². The van der Waals surface area contributed by atoms with Gasteiger partial charge in [0.05, 0.1) is 18.7 Å². The molecule has 0 bridgehead atoms. The molecule has 8 heteroatoms. The maximum Gasteiger partial charge on any atom is 0.230 e. The summed E-state index contributed by atoms with van der Waals surface area (Å²) in [7, 11) is -1.96. The fourth-order valence-electron chi connectivity index (χ4n) is 5.04. The number of amides is 1. The Bertz CT molecular complexity index is 1540. The van der Waals surface area contributed by atoms with E-state index in [-0.39, 0.29) is 10.9 Å². The molecule has 0 saturated heterocycles. The summed E-state index contributed by atoms with van der Waals surface area (Å²) in [6.45, 7) is 17.6. The van der Waals surface area contributed by atoms with Gasteiger partial charge in [-0.3, -0.25) is 14.7 Å². The number of rotatable bonds is 10. The van der Waals surface area contributed by atoms with Gasteiger partial charge in [-0.2, -0.15) is 5.10 Å². The minimum Gasteiger partial charge on any atom is -0.489 e. The molecule has 0 aliphatic carbocycles. The number of benzene rings is 2. The Balaban J connectivity index is 1.44. The lowest BCUT2D eigenvalue weighted by Gasteiger charge is -2.37. The lowest BCUT2D eigenvalue weighted by Crippen LogP contribution is -2.45. The van der Waals surface area contributed by atoms with E-state index < -0.39 is 8.32 Å². The molecule has 0 N–H and O–H groups in total. The largest absolute Gasteiger partial charge is 0.489 e. The first-order valence-electron chi connectivity index (χ1n) is 15.2. The van der Waals surface area contributed by atoms with Crippen LogP contribution in [0.5, 0.6) is 5.75 Å². The Morgan fingerprint density at radius 2 is 1.60 bits per heavy atom. The smallest absolute Gasteiger partial charge is 0.230 e. The Kier molecular flexibility index (Phi) is 8.90. The monoisotopic (exact) mass is 596 g/mol. The van der Waals surface area contributed by atoms with Crippen LogP contribution in [0.1, 0.15) is 58.1 Å². The molecule has 1 aliphatic rings. The van der Waals surface area contributed by atoms with E-state index in [0.717, 1.165) is 39.5 Å². The second kappa shape index (κ2) is 12.5. The van der Waals surface area contributed by atoms with E-state index in [9.17, 15) is 4.79 Å². The van der Waals surface area contributed by atoms with Crippen molar-refractivity contribution in [2.45, 2.75) is 78.2 Å². The predicted molar refractivity (Wildman–Crippen MR) is 176 cm³/mol. The van der Waals surface area contributed by atoms with Crippen LogP contribution in [0.3, 0.4) is 0 Å². The minimum absolute atomic E-state index is 0.0946. The second-order valence-corrected chi connectivity index (χ2v) is 17.9. The lowest BCUT2D eigenvalue weighted by molar-refractivity contribution is -0.119. The molecule has 0 radical (unpaired) electrons. The van der Waals surface area contributed by atoms with Gasteiger partial charge in [0.2, 0.25) is 5.91 Å². The molecule has 0 fully saturated rings. The number of ether oxygens (including phenoxy) is 1. The number of hydrogen-bond acceptors (Lipinski definition) is 5. The highest BCUT2D eigenvalue weighted by Crippen LogP contribution is 2.42. The number of fused-ring (bicyclic) bond motifs is 1. The number of anilines is 1. The van der Waals surface area contributed by atoms with Crippen molar-refractivity contribution in [2.24, 2.45) is 0 Å². The summed E-state index contributed by atoms with van der Waals surface area (Å²) in [5, 5.41) is 5.13. The fraction of sp³-hybridized carbons (Fsp3) is 0.400. The van der Waals surface area contributed by atoms with Crippen LogP contribution in [0.25, 0.3) is 22.4 Å². The van der Waals surface area contributed by atoms with Crippen molar-refractivity contribution in [3.05, 3.63) is 84.2 Å². The number of nitrogens with zero attached hydrogens (tertiary/aromatic N) is 4. The number of aromatic nitrogens is 3. The summed E-state index contributed by atoms with van der Waals surface area (Å²) in [4.78, 5) is 19.5. The normalized spacial score (nSPS) is 13.9. The van der Waals surface area contributed by atoms with Gasteiger partial charge in [-0.05, 0) is 65.0 Å². The maximum absolute atomic E-state index is 13.4. The van der Waals surface area contributed by atoms with E-state index >= 15 is 0 Å². The Morgan fingerprint density at radius 3 is 2.23 bits per heavy atom. The van der Waals surface area contributed by atoms with E-state index in [4.69, 9.17) is 14.3 Å². The molecule has 1 aliphatic heterocycles. The van der Waals surface area contributed by atoms with Gasteiger partial charge in [0.25, 0.3) is 0 Å². The summed E-state index contributed by atoms with van der Waals surface area (Å²) >= 11 is 0. The number of pyridine rings is 1. The number of carbonyl (C=O) groups is 1. The third kappa shape index (κ3) is 6.76. The standard InChI is InChI=1S/C35H44N4O3Si/c1-25(2)27-10-8-26(9-11-27)24-41-30-14-12-28(13-15-30)32-33(29-16-19-36-20-17-29)37-39-21-18-31(40)38(34(32)39)22-23-42-43(6,7)35(3,4)5/h8-17,19-20,25H,18,21-24H2,1-7H3. The first-order chi connectivity index (χ1) is 20.4. The van der Waals surface area contributed by atoms with E-state index in [1.807, 2.05) is 33.8 Å². The van der Waals surface area contributed by atoms with E-state index in [0.29, 0.717) is 38.6 Å². The highest BCUT2D eigenvalue weighted by atomic mass is 28.4. The molecule has 0 spiro atoms. The zero-order valence-electron chi connectivity index (χ0n) is 26.6. The van der Waals surface area contributed by atoms with Crippen LogP contribution in [0.2, 0.25) is 18.1 Å². The summed E-state index contributed by atoms with van der Waals surface area (Å²) in [6, 6.07) is 20.6. The first kappa shape index (κ1) is 30.7. The van der Waals surface area contributed by atoms with Crippen LogP contribution in [-0.2, 0) is 22.4 Å². The molecule has 0 saturated carbocycles. The molecule has 0 atom stereocenters. The molecule has 43 heavy (non-hydrogen) atoms. The van der Waals surface area contributed by atoms with Crippen molar-refractivity contribution in [3.63, 3.8) is 0 Å². The fourth-order valence-corrected chi connectivity index (χ4v) is 6.07. The second-order valence-electron chi connectivity index (χ2n) is 13.1. The third-order valence-corrected chi connectivity index (χ3v) is 13.3. The molecular weight excluding hydrogens is 552 g/mol. The SMILES string of the molecule is CC(C)c1ccc(COc2ccc(-c3c(-c4ccncc4)nn4c3N(CCO[Si](C)(C)C(C)(C)C)C(=O)CC4)cc2)cc1. The van der Waals surface area contributed by atoms with Gasteiger partial charge < -0.3 is 9.16 Å². The van der Waals surface area contributed by atoms with Crippen molar-refractivity contribution in [1.29, 1.82) is 0 Å². The number of carbonyl (C=O) groups excluding carboxylic acids is 1. The number of hydrogen-bond donors (Lipinski definition) is 0. The van der Waals surface area contributed by atoms with Crippen molar-refractivity contribution >= 4 is 20.0 Å². The van der Waals surface area contributed by atoms with Crippen LogP contribution < -0.4 is 9.64 Å².